The fourth-order valence-electron chi connectivity index (χ4n) is 1.29. The van der Waals surface area contributed by atoms with Gasteiger partial charge < -0.3 is 0 Å². The summed E-state index contributed by atoms with van der Waals surface area (Å²) >= 11 is 3.15. The van der Waals surface area contributed by atoms with Crippen molar-refractivity contribution in [1.82, 2.24) is 19.3 Å². The van der Waals surface area contributed by atoms with E-state index in [4.69, 9.17) is 0 Å². The molecule has 0 spiro atoms. The molecule has 78 valence electrons. The van der Waals surface area contributed by atoms with Crippen LogP contribution >= 0.6 is 15.9 Å². The highest BCUT2D eigenvalue weighted by Gasteiger charge is 2.02. The fourth-order valence-corrected chi connectivity index (χ4v) is 1.63. The van der Waals surface area contributed by atoms with E-state index in [9.17, 15) is 4.79 Å². The summed E-state index contributed by atoms with van der Waals surface area (Å²) in [6.45, 7) is 0.485. The van der Waals surface area contributed by atoms with Gasteiger partial charge in [0.2, 0.25) is 0 Å². The van der Waals surface area contributed by atoms with Crippen molar-refractivity contribution in [2.75, 3.05) is 0 Å². The van der Waals surface area contributed by atoms with Crippen LogP contribution in [0.2, 0.25) is 0 Å². The molecule has 0 saturated carbocycles. The Bertz CT molecular complexity index is 531. The molecule has 2 aromatic heterocycles. The van der Waals surface area contributed by atoms with E-state index in [1.807, 2.05) is 13.2 Å². The third-order valence-electron chi connectivity index (χ3n) is 1.97. The normalized spacial score (nSPS) is 10.5. The summed E-state index contributed by atoms with van der Waals surface area (Å²) in [6, 6.07) is 0. The van der Waals surface area contributed by atoms with E-state index < -0.39 is 0 Å². The summed E-state index contributed by atoms with van der Waals surface area (Å²) in [7, 11) is 1.84. The first-order valence-corrected chi connectivity index (χ1v) is 5.13. The Morgan fingerprint density at radius 1 is 1.47 bits per heavy atom. The quantitative estimate of drug-likeness (QED) is 0.809. The molecule has 0 saturated heterocycles. The lowest BCUT2D eigenvalue weighted by molar-refractivity contribution is 0.727. The van der Waals surface area contributed by atoms with Crippen molar-refractivity contribution in [1.29, 1.82) is 0 Å². The van der Waals surface area contributed by atoms with Crippen LogP contribution < -0.4 is 5.56 Å². The molecule has 0 amide bonds. The molecular weight excluding hydrogens is 260 g/mol. The lowest BCUT2D eigenvalue weighted by Crippen LogP contribution is -2.20. The Labute approximate surface area is 94.5 Å². The van der Waals surface area contributed by atoms with Gasteiger partial charge in [0.05, 0.1) is 19.1 Å². The van der Waals surface area contributed by atoms with E-state index in [0.717, 1.165) is 5.56 Å². The molecule has 0 aromatic carbocycles. The van der Waals surface area contributed by atoms with Crippen molar-refractivity contribution in [3.8, 4) is 0 Å². The number of hydrogen-bond acceptors (Lipinski definition) is 3. The zero-order valence-corrected chi connectivity index (χ0v) is 9.68. The smallest absolute Gasteiger partial charge is 0.267 e. The third-order valence-corrected chi connectivity index (χ3v) is 2.51. The minimum Gasteiger partial charge on any atom is -0.294 e. The molecule has 0 aliphatic rings. The number of aromatic nitrogens is 4. The van der Waals surface area contributed by atoms with Crippen molar-refractivity contribution < 1.29 is 0 Å². The highest BCUT2D eigenvalue weighted by molar-refractivity contribution is 9.10. The van der Waals surface area contributed by atoms with Gasteiger partial charge in [-0.15, -0.1) is 0 Å². The maximum absolute atomic E-state index is 11.6. The van der Waals surface area contributed by atoms with Crippen molar-refractivity contribution in [3.63, 3.8) is 0 Å². The topological polar surface area (TPSA) is 52.7 Å². The van der Waals surface area contributed by atoms with E-state index in [2.05, 4.69) is 26.0 Å². The van der Waals surface area contributed by atoms with Crippen LogP contribution in [-0.4, -0.2) is 19.3 Å². The SMILES string of the molecule is Cn1cc(Cn2cncc(Br)c2=O)cn1. The summed E-state index contributed by atoms with van der Waals surface area (Å²) in [4.78, 5) is 15.6. The number of rotatable bonds is 2. The van der Waals surface area contributed by atoms with Crippen LogP contribution in [0.3, 0.4) is 0 Å². The Morgan fingerprint density at radius 3 is 2.93 bits per heavy atom. The first-order chi connectivity index (χ1) is 7.16. The second-order valence-corrected chi connectivity index (χ2v) is 4.05. The average Bonchev–Trinajstić information content (AvgIpc) is 2.59. The second-order valence-electron chi connectivity index (χ2n) is 3.20. The van der Waals surface area contributed by atoms with Crippen LogP contribution in [0.25, 0.3) is 0 Å². The van der Waals surface area contributed by atoms with Gasteiger partial charge >= 0.3 is 0 Å². The Kier molecular flexibility index (Phi) is 2.68. The Balaban J connectivity index is 2.32. The van der Waals surface area contributed by atoms with Gasteiger partial charge in [0.25, 0.3) is 5.56 Å². The predicted octanol–water partition coefficient (Wildman–Crippen LogP) is 0.788. The predicted molar refractivity (Wildman–Crippen MR) is 58.5 cm³/mol. The molecular formula is C9H9BrN4O. The summed E-state index contributed by atoms with van der Waals surface area (Å²) in [5.74, 6) is 0. The van der Waals surface area contributed by atoms with Crippen molar-refractivity contribution in [2.24, 2.45) is 7.05 Å². The van der Waals surface area contributed by atoms with Crippen LogP contribution in [0.4, 0.5) is 0 Å². The molecule has 2 rings (SSSR count). The zero-order chi connectivity index (χ0) is 10.8. The summed E-state index contributed by atoms with van der Waals surface area (Å²) < 4.78 is 3.70. The minimum absolute atomic E-state index is 0.0890. The van der Waals surface area contributed by atoms with Crippen LogP contribution in [0.5, 0.6) is 0 Å². The number of halogens is 1. The number of hydrogen-bond donors (Lipinski definition) is 0. The van der Waals surface area contributed by atoms with E-state index in [1.165, 1.54) is 17.1 Å². The van der Waals surface area contributed by atoms with Crippen LogP contribution in [0.15, 0.2) is 34.2 Å². The molecule has 0 aliphatic heterocycles. The van der Waals surface area contributed by atoms with E-state index >= 15 is 0 Å². The van der Waals surface area contributed by atoms with Crippen molar-refractivity contribution in [3.05, 3.63) is 45.3 Å². The van der Waals surface area contributed by atoms with E-state index in [0.29, 0.717) is 11.0 Å². The van der Waals surface area contributed by atoms with Gasteiger partial charge in [-0.2, -0.15) is 5.10 Å². The Morgan fingerprint density at radius 2 is 2.27 bits per heavy atom. The van der Waals surface area contributed by atoms with Gasteiger partial charge in [0, 0.05) is 25.0 Å². The van der Waals surface area contributed by atoms with E-state index in [-0.39, 0.29) is 5.56 Å². The van der Waals surface area contributed by atoms with Crippen LogP contribution in [0, 0.1) is 0 Å². The molecule has 2 aromatic rings. The van der Waals surface area contributed by atoms with Gasteiger partial charge in [-0.05, 0) is 15.9 Å². The highest BCUT2D eigenvalue weighted by atomic mass is 79.9. The molecule has 0 N–H and O–H groups in total. The van der Waals surface area contributed by atoms with Gasteiger partial charge in [-0.1, -0.05) is 0 Å². The summed E-state index contributed by atoms with van der Waals surface area (Å²) in [5.41, 5.74) is 0.883. The van der Waals surface area contributed by atoms with Gasteiger partial charge in [0.15, 0.2) is 0 Å². The minimum atomic E-state index is -0.0890. The Hall–Kier alpha value is -1.43. The molecule has 15 heavy (non-hydrogen) atoms. The number of nitrogens with zero attached hydrogens (tertiary/aromatic N) is 4. The third kappa shape index (κ3) is 2.15. The van der Waals surface area contributed by atoms with Gasteiger partial charge in [-0.25, -0.2) is 4.98 Å². The summed E-state index contributed by atoms with van der Waals surface area (Å²) in [5, 5.41) is 4.03. The molecule has 0 fully saturated rings. The second kappa shape index (κ2) is 3.98. The lowest BCUT2D eigenvalue weighted by atomic mass is 10.3. The standard InChI is InChI=1S/C9H9BrN4O/c1-13-4-7(2-12-13)5-14-6-11-3-8(10)9(14)15/h2-4,6H,5H2,1H3. The van der Waals surface area contributed by atoms with Gasteiger partial charge in [0.1, 0.15) is 4.47 Å². The zero-order valence-electron chi connectivity index (χ0n) is 8.09. The molecule has 0 bridgehead atoms. The maximum atomic E-state index is 11.6. The fraction of sp³-hybridized carbons (Fsp3) is 0.222. The molecule has 0 aliphatic carbocycles. The molecule has 2 heterocycles. The molecule has 0 unspecified atom stereocenters. The monoisotopic (exact) mass is 268 g/mol. The highest BCUT2D eigenvalue weighted by Crippen LogP contribution is 2.01. The number of aryl methyl sites for hydroxylation is 1. The molecule has 0 atom stereocenters. The van der Waals surface area contributed by atoms with Crippen molar-refractivity contribution >= 4 is 15.9 Å². The van der Waals surface area contributed by atoms with E-state index in [1.54, 1.807) is 10.9 Å². The lowest BCUT2D eigenvalue weighted by Gasteiger charge is -2.02. The van der Waals surface area contributed by atoms with Crippen LogP contribution in [0.1, 0.15) is 5.56 Å². The molecule has 5 nitrogen and oxygen atoms in total. The average molecular weight is 269 g/mol. The van der Waals surface area contributed by atoms with Gasteiger partial charge in [-0.3, -0.25) is 14.0 Å². The summed E-state index contributed by atoms with van der Waals surface area (Å²) in [6.07, 6.45) is 6.60. The van der Waals surface area contributed by atoms with Crippen LogP contribution in [-0.2, 0) is 13.6 Å². The van der Waals surface area contributed by atoms with Crippen molar-refractivity contribution in [2.45, 2.75) is 6.54 Å². The first-order valence-electron chi connectivity index (χ1n) is 4.34. The molecule has 6 heteroatoms. The first kappa shape index (κ1) is 10.1. The maximum Gasteiger partial charge on any atom is 0.267 e. The largest absolute Gasteiger partial charge is 0.294 e. The molecule has 0 radical (unpaired) electrons.